The first kappa shape index (κ1) is 17.4. The van der Waals surface area contributed by atoms with Crippen molar-refractivity contribution in [2.45, 2.75) is 46.3 Å². The average Bonchev–Trinajstić information content (AvgIpc) is 2.32. The summed E-state index contributed by atoms with van der Waals surface area (Å²) in [7, 11) is 0. The first-order valence-electron chi connectivity index (χ1n) is 6.12. The summed E-state index contributed by atoms with van der Waals surface area (Å²) >= 11 is 0. The number of hydrogen-bond acceptors (Lipinski definition) is 5. The molecule has 2 unspecified atom stereocenters. The van der Waals surface area contributed by atoms with Gasteiger partial charge in [0, 0.05) is 11.1 Å². The standard InChI is InChI=1S/C14H22O5/c1-9(2)13(16)18-8-12(5)19-14(17)10(3)6-7-11(4)15/h6,11-12,15H,1,7-8H2,2-5H3. The predicted octanol–water partition coefficient (Wildman–Crippen LogP) is 1.75. The molecule has 0 rings (SSSR count). The first-order chi connectivity index (χ1) is 8.73. The van der Waals surface area contributed by atoms with Gasteiger partial charge in [-0.3, -0.25) is 0 Å². The molecular weight excluding hydrogens is 248 g/mol. The van der Waals surface area contributed by atoms with Crippen molar-refractivity contribution in [2.75, 3.05) is 6.61 Å². The number of esters is 2. The van der Waals surface area contributed by atoms with Crippen LogP contribution >= 0.6 is 0 Å². The van der Waals surface area contributed by atoms with Gasteiger partial charge in [0.1, 0.15) is 12.7 Å². The number of aliphatic hydroxyl groups is 1. The Morgan fingerprint density at radius 3 is 2.32 bits per heavy atom. The third kappa shape index (κ3) is 8.15. The van der Waals surface area contributed by atoms with Gasteiger partial charge < -0.3 is 14.6 Å². The second kappa shape index (κ2) is 8.48. The lowest BCUT2D eigenvalue weighted by Gasteiger charge is -2.14. The van der Waals surface area contributed by atoms with Crippen molar-refractivity contribution in [3.05, 3.63) is 23.8 Å². The minimum atomic E-state index is -0.536. The molecule has 0 aliphatic rings. The van der Waals surface area contributed by atoms with Crippen molar-refractivity contribution in [1.29, 1.82) is 0 Å². The summed E-state index contributed by atoms with van der Waals surface area (Å²) in [6, 6.07) is 0. The highest BCUT2D eigenvalue weighted by molar-refractivity contribution is 5.88. The van der Waals surface area contributed by atoms with E-state index in [9.17, 15) is 9.59 Å². The molecule has 0 amide bonds. The van der Waals surface area contributed by atoms with Gasteiger partial charge in [-0.15, -0.1) is 0 Å². The molecule has 108 valence electrons. The maximum absolute atomic E-state index is 11.6. The van der Waals surface area contributed by atoms with Crippen LogP contribution in [-0.2, 0) is 19.1 Å². The molecule has 0 saturated carbocycles. The van der Waals surface area contributed by atoms with Crippen LogP contribution in [0.1, 0.15) is 34.1 Å². The Balaban J connectivity index is 4.15. The summed E-state index contributed by atoms with van der Waals surface area (Å²) in [5.41, 5.74) is 0.713. The smallest absolute Gasteiger partial charge is 0.333 e. The summed E-state index contributed by atoms with van der Waals surface area (Å²) < 4.78 is 9.95. The third-order valence-electron chi connectivity index (χ3n) is 2.19. The summed E-state index contributed by atoms with van der Waals surface area (Å²) in [5.74, 6) is -0.996. The normalized spacial score (nSPS) is 14.5. The Morgan fingerprint density at radius 1 is 1.26 bits per heavy atom. The van der Waals surface area contributed by atoms with Crippen LogP contribution in [0.3, 0.4) is 0 Å². The number of carbonyl (C=O) groups excluding carboxylic acids is 2. The number of carbonyl (C=O) groups is 2. The fourth-order valence-corrected chi connectivity index (χ4v) is 1.06. The average molecular weight is 270 g/mol. The molecule has 0 aromatic carbocycles. The molecular formula is C14H22O5. The molecule has 0 aliphatic heterocycles. The second-order valence-corrected chi connectivity index (χ2v) is 4.57. The van der Waals surface area contributed by atoms with Gasteiger partial charge in [0.15, 0.2) is 0 Å². The van der Waals surface area contributed by atoms with E-state index in [1.807, 2.05) is 0 Å². The molecule has 0 aromatic heterocycles. The van der Waals surface area contributed by atoms with E-state index in [2.05, 4.69) is 6.58 Å². The van der Waals surface area contributed by atoms with Gasteiger partial charge in [0.2, 0.25) is 0 Å². The van der Waals surface area contributed by atoms with Crippen molar-refractivity contribution in [3.8, 4) is 0 Å². The van der Waals surface area contributed by atoms with Gasteiger partial charge in [-0.1, -0.05) is 12.7 Å². The summed E-state index contributed by atoms with van der Waals surface area (Å²) in [6.45, 7) is 9.85. The third-order valence-corrected chi connectivity index (χ3v) is 2.19. The largest absolute Gasteiger partial charge is 0.458 e. The molecule has 0 heterocycles. The van der Waals surface area contributed by atoms with E-state index in [0.717, 1.165) is 0 Å². The summed E-state index contributed by atoms with van der Waals surface area (Å²) in [5, 5.41) is 9.10. The van der Waals surface area contributed by atoms with E-state index < -0.39 is 24.1 Å². The monoisotopic (exact) mass is 270 g/mol. The van der Waals surface area contributed by atoms with Crippen molar-refractivity contribution in [1.82, 2.24) is 0 Å². The van der Waals surface area contributed by atoms with Gasteiger partial charge in [0.25, 0.3) is 0 Å². The molecule has 0 bridgehead atoms. The van der Waals surface area contributed by atoms with E-state index in [1.54, 1.807) is 33.8 Å². The molecule has 5 nitrogen and oxygen atoms in total. The Kier molecular flexibility index (Phi) is 7.75. The van der Waals surface area contributed by atoms with Gasteiger partial charge >= 0.3 is 11.9 Å². The maximum Gasteiger partial charge on any atom is 0.333 e. The highest BCUT2D eigenvalue weighted by Gasteiger charge is 2.13. The second-order valence-electron chi connectivity index (χ2n) is 4.57. The zero-order chi connectivity index (χ0) is 15.0. The molecule has 0 aliphatic carbocycles. The fourth-order valence-electron chi connectivity index (χ4n) is 1.06. The van der Waals surface area contributed by atoms with Crippen molar-refractivity contribution < 1.29 is 24.2 Å². The number of aliphatic hydroxyl groups excluding tert-OH is 1. The van der Waals surface area contributed by atoms with Crippen molar-refractivity contribution in [3.63, 3.8) is 0 Å². The highest BCUT2D eigenvalue weighted by atomic mass is 16.6. The summed E-state index contributed by atoms with van der Waals surface area (Å²) in [4.78, 5) is 22.8. The predicted molar refractivity (Wildman–Crippen MR) is 71.4 cm³/mol. The summed E-state index contributed by atoms with van der Waals surface area (Å²) in [6.07, 6.45) is 0.960. The highest BCUT2D eigenvalue weighted by Crippen LogP contribution is 2.05. The minimum absolute atomic E-state index is 0.0128. The van der Waals surface area contributed by atoms with Gasteiger partial charge in [-0.2, -0.15) is 0 Å². The fraction of sp³-hybridized carbons (Fsp3) is 0.571. The van der Waals surface area contributed by atoms with Gasteiger partial charge in [-0.25, -0.2) is 9.59 Å². The molecule has 5 heteroatoms. The first-order valence-corrected chi connectivity index (χ1v) is 6.12. The van der Waals surface area contributed by atoms with Crippen LogP contribution in [0.5, 0.6) is 0 Å². The Morgan fingerprint density at radius 2 is 1.84 bits per heavy atom. The zero-order valence-electron chi connectivity index (χ0n) is 11.9. The van der Waals surface area contributed by atoms with Crippen LogP contribution in [0.2, 0.25) is 0 Å². The lowest BCUT2D eigenvalue weighted by atomic mass is 10.2. The van der Waals surface area contributed by atoms with Crippen LogP contribution in [0.4, 0.5) is 0 Å². The van der Waals surface area contributed by atoms with Crippen LogP contribution in [0, 0.1) is 0 Å². The SMILES string of the molecule is C=C(C)C(=O)OCC(C)OC(=O)C(C)=CCC(C)O. The van der Waals surface area contributed by atoms with Gasteiger partial charge in [-0.05, 0) is 34.1 Å². The number of ether oxygens (including phenoxy) is 2. The maximum atomic E-state index is 11.6. The van der Waals surface area contributed by atoms with Crippen molar-refractivity contribution >= 4 is 11.9 Å². The van der Waals surface area contributed by atoms with E-state index in [1.165, 1.54) is 0 Å². The molecule has 1 N–H and O–H groups in total. The minimum Gasteiger partial charge on any atom is -0.458 e. The molecule has 0 fully saturated rings. The van der Waals surface area contributed by atoms with E-state index in [-0.39, 0.29) is 6.61 Å². The molecule has 19 heavy (non-hydrogen) atoms. The Hall–Kier alpha value is -1.62. The van der Waals surface area contributed by atoms with Crippen LogP contribution in [0.15, 0.2) is 23.8 Å². The quantitative estimate of drug-likeness (QED) is 0.563. The van der Waals surface area contributed by atoms with E-state index in [4.69, 9.17) is 14.6 Å². The lowest BCUT2D eigenvalue weighted by Crippen LogP contribution is -2.23. The van der Waals surface area contributed by atoms with Gasteiger partial charge in [0.05, 0.1) is 6.10 Å². The molecule has 2 atom stereocenters. The lowest BCUT2D eigenvalue weighted by molar-refractivity contribution is -0.152. The number of hydrogen-bond donors (Lipinski definition) is 1. The topological polar surface area (TPSA) is 72.8 Å². The van der Waals surface area contributed by atoms with E-state index >= 15 is 0 Å². The molecule has 0 spiro atoms. The number of rotatable bonds is 7. The molecule has 0 aromatic rings. The van der Waals surface area contributed by atoms with Crippen LogP contribution < -0.4 is 0 Å². The van der Waals surface area contributed by atoms with Crippen LogP contribution in [0.25, 0.3) is 0 Å². The van der Waals surface area contributed by atoms with Crippen LogP contribution in [-0.4, -0.2) is 35.9 Å². The zero-order valence-corrected chi connectivity index (χ0v) is 11.9. The molecule has 0 radical (unpaired) electrons. The Bertz CT molecular complexity index is 368. The van der Waals surface area contributed by atoms with E-state index in [0.29, 0.717) is 17.6 Å². The molecule has 0 saturated heterocycles. The van der Waals surface area contributed by atoms with Crippen molar-refractivity contribution in [2.24, 2.45) is 0 Å². The Labute approximate surface area is 113 Å².